The largest absolute Gasteiger partial charge is 0.393 e. The van der Waals surface area contributed by atoms with E-state index in [0.717, 1.165) is 9.75 Å². The van der Waals surface area contributed by atoms with Gasteiger partial charge in [-0.05, 0) is 25.1 Å². The van der Waals surface area contributed by atoms with E-state index in [2.05, 4.69) is 23.7 Å². The highest BCUT2D eigenvalue weighted by atomic mass is 32.1. The Morgan fingerprint density at radius 2 is 2.06 bits per heavy atom. The molecule has 0 saturated carbocycles. The summed E-state index contributed by atoms with van der Waals surface area (Å²) in [5, 5.41) is 17.6. The molecule has 0 radical (unpaired) electrons. The number of rotatable bonds is 1. The van der Waals surface area contributed by atoms with Gasteiger partial charge in [-0.25, -0.2) is 0 Å². The molecule has 2 N–H and O–H groups in total. The highest BCUT2D eigenvalue weighted by Gasteiger charge is 1.96. The SMILES string of the molecule is C/C=C\C#Cc1ccc(C#CC(O)CO)s1. The maximum Gasteiger partial charge on any atom is 0.138 e. The molecule has 0 fully saturated rings. The van der Waals surface area contributed by atoms with Crippen molar-refractivity contribution in [2.24, 2.45) is 0 Å². The standard InChI is InChI=1S/C13H12O2S/c1-2-3-4-5-12-8-9-13(16-12)7-6-11(15)10-14/h2-3,8-9,11,14-15H,10H2,1H3/b3-2-. The molecule has 0 saturated heterocycles. The maximum absolute atomic E-state index is 9.04. The van der Waals surface area contributed by atoms with Gasteiger partial charge in [0, 0.05) is 0 Å². The fraction of sp³-hybridized carbons (Fsp3) is 0.231. The highest BCUT2D eigenvalue weighted by Crippen LogP contribution is 2.13. The van der Waals surface area contributed by atoms with Crippen LogP contribution in [-0.4, -0.2) is 22.9 Å². The monoisotopic (exact) mass is 232 g/mol. The summed E-state index contributed by atoms with van der Waals surface area (Å²) >= 11 is 1.46. The molecule has 1 rings (SSSR count). The van der Waals surface area contributed by atoms with Gasteiger partial charge in [-0.3, -0.25) is 0 Å². The van der Waals surface area contributed by atoms with Crippen molar-refractivity contribution in [1.29, 1.82) is 0 Å². The van der Waals surface area contributed by atoms with E-state index in [0.29, 0.717) is 0 Å². The van der Waals surface area contributed by atoms with Crippen LogP contribution in [0.4, 0.5) is 0 Å². The van der Waals surface area contributed by atoms with Gasteiger partial charge in [0.05, 0.1) is 16.4 Å². The molecule has 1 unspecified atom stereocenters. The van der Waals surface area contributed by atoms with Crippen LogP contribution in [0, 0.1) is 23.7 Å². The van der Waals surface area contributed by atoms with Crippen molar-refractivity contribution in [1.82, 2.24) is 0 Å². The Balaban J connectivity index is 2.72. The van der Waals surface area contributed by atoms with Gasteiger partial charge in [-0.2, -0.15) is 0 Å². The first-order chi connectivity index (χ1) is 7.76. The number of hydrogen-bond donors (Lipinski definition) is 2. The van der Waals surface area contributed by atoms with E-state index in [-0.39, 0.29) is 6.61 Å². The molecule has 0 aromatic carbocycles. The molecule has 16 heavy (non-hydrogen) atoms. The van der Waals surface area contributed by atoms with Crippen molar-refractivity contribution < 1.29 is 10.2 Å². The molecule has 0 aliphatic heterocycles. The van der Waals surface area contributed by atoms with Crippen LogP contribution in [-0.2, 0) is 0 Å². The van der Waals surface area contributed by atoms with E-state index in [9.17, 15) is 0 Å². The first-order valence-corrected chi connectivity index (χ1v) is 5.61. The first kappa shape index (κ1) is 12.5. The van der Waals surface area contributed by atoms with Crippen molar-refractivity contribution in [3.05, 3.63) is 34.0 Å². The molecule has 0 bridgehead atoms. The number of aliphatic hydroxyl groups is 2. The van der Waals surface area contributed by atoms with E-state index >= 15 is 0 Å². The first-order valence-electron chi connectivity index (χ1n) is 4.79. The van der Waals surface area contributed by atoms with Gasteiger partial charge < -0.3 is 10.2 Å². The molecule has 2 nitrogen and oxygen atoms in total. The molecule has 0 amide bonds. The second kappa shape index (κ2) is 6.87. The minimum Gasteiger partial charge on any atom is -0.393 e. The Kier molecular flexibility index (Phi) is 5.39. The van der Waals surface area contributed by atoms with E-state index in [1.54, 1.807) is 6.08 Å². The summed E-state index contributed by atoms with van der Waals surface area (Å²) in [7, 11) is 0. The number of hydrogen-bond acceptors (Lipinski definition) is 3. The molecule has 1 aromatic heterocycles. The summed E-state index contributed by atoms with van der Waals surface area (Å²) in [5.74, 6) is 11.2. The van der Waals surface area contributed by atoms with Crippen LogP contribution < -0.4 is 0 Å². The molecule has 82 valence electrons. The van der Waals surface area contributed by atoms with Crippen LogP contribution in [0.25, 0.3) is 0 Å². The minimum atomic E-state index is -0.973. The molecule has 3 heteroatoms. The van der Waals surface area contributed by atoms with Crippen LogP contribution in [0.5, 0.6) is 0 Å². The van der Waals surface area contributed by atoms with Crippen molar-refractivity contribution in [2.45, 2.75) is 13.0 Å². The van der Waals surface area contributed by atoms with Gasteiger partial charge in [0.2, 0.25) is 0 Å². The van der Waals surface area contributed by atoms with Crippen molar-refractivity contribution in [3.63, 3.8) is 0 Å². The third kappa shape index (κ3) is 4.33. The summed E-state index contributed by atoms with van der Waals surface area (Å²) < 4.78 is 0. The predicted octanol–water partition coefficient (Wildman–Crippen LogP) is 1.38. The van der Waals surface area contributed by atoms with Crippen molar-refractivity contribution in [2.75, 3.05) is 6.61 Å². The zero-order chi connectivity index (χ0) is 11.8. The third-order valence-corrected chi connectivity index (χ3v) is 2.50. The Hall–Kier alpha value is -1.52. The Labute approximate surface area is 99.3 Å². The second-order valence-corrected chi connectivity index (χ2v) is 3.98. The molecule has 0 aliphatic carbocycles. The zero-order valence-corrected chi connectivity index (χ0v) is 9.71. The summed E-state index contributed by atoms with van der Waals surface area (Å²) in [5.41, 5.74) is 0. The number of thiophene rings is 1. The van der Waals surface area contributed by atoms with Crippen LogP contribution in [0.1, 0.15) is 16.7 Å². The number of allylic oxidation sites excluding steroid dienone is 2. The second-order valence-electron chi connectivity index (χ2n) is 2.90. The summed E-state index contributed by atoms with van der Waals surface area (Å²) in [4.78, 5) is 1.76. The van der Waals surface area contributed by atoms with E-state index in [1.165, 1.54) is 11.3 Å². The van der Waals surface area contributed by atoms with E-state index < -0.39 is 6.10 Å². The van der Waals surface area contributed by atoms with Crippen LogP contribution >= 0.6 is 11.3 Å². The van der Waals surface area contributed by atoms with Crippen molar-refractivity contribution >= 4 is 11.3 Å². The van der Waals surface area contributed by atoms with Gasteiger partial charge >= 0.3 is 0 Å². The van der Waals surface area contributed by atoms with Crippen LogP contribution in [0.2, 0.25) is 0 Å². The summed E-state index contributed by atoms with van der Waals surface area (Å²) in [6, 6.07) is 3.73. The molecule has 1 atom stereocenters. The fourth-order valence-corrected chi connectivity index (χ4v) is 1.60. The average molecular weight is 232 g/mol. The molecular weight excluding hydrogens is 220 g/mol. The zero-order valence-electron chi connectivity index (χ0n) is 8.90. The van der Waals surface area contributed by atoms with Crippen LogP contribution in [0.15, 0.2) is 24.3 Å². The smallest absolute Gasteiger partial charge is 0.138 e. The fourth-order valence-electron chi connectivity index (χ4n) is 0.868. The maximum atomic E-state index is 9.04. The van der Waals surface area contributed by atoms with E-state index in [4.69, 9.17) is 10.2 Å². The summed E-state index contributed by atoms with van der Waals surface area (Å²) in [6.07, 6.45) is 2.68. The normalized spacial score (nSPS) is 11.4. The predicted molar refractivity (Wildman–Crippen MR) is 66.0 cm³/mol. The summed E-state index contributed by atoms with van der Waals surface area (Å²) in [6.45, 7) is 1.57. The van der Waals surface area contributed by atoms with Gasteiger partial charge in [0.1, 0.15) is 6.10 Å². The van der Waals surface area contributed by atoms with Crippen molar-refractivity contribution in [3.8, 4) is 23.7 Å². The van der Waals surface area contributed by atoms with E-state index in [1.807, 2.05) is 25.1 Å². The lowest BCUT2D eigenvalue weighted by Crippen LogP contribution is -2.07. The Morgan fingerprint density at radius 3 is 2.69 bits per heavy atom. The lowest BCUT2D eigenvalue weighted by atomic mass is 10.3. The molecule has 0 spiro atoms. The topological polar surface area (TPSA) is 40.5 Å². The van der Waals surface area contributed by atoms with Gasteiger partial charge in [-0.1, -0.05) is 29.8 Å². The minimum absolute atomic E-state index is 0.341. The highest BCUT2D eigenvalue weighted by molar-refractivity contribution is 7.13. The molecular formula is C13H12O2S. The molecule has 1 heterocycles. The lowest BCUT2D eigenvalue weighted by Gasteiger charge is -1.92. The van der Waals surface area contributed by atoms with Crippen LogP contribution in [0.3, 0.4) is 0 Å². The Bertz CT molecular complexity index is 477. The molecule has 0 aliphatic rings. The van der Waals surface area contributed by atoms with Gasteiger partial charge in [-0.15, -0.1) is 11.3 Å². The third-order valence-electron chi connectivity index (χ3n) is 1.59. The molecule has 1 aromatic rings. The average Bonchev–Trinajstić information content (AvgIpc) is 2.74. The van der Waals surface area contributed by atoms with Gasteiger partial charge in [0.15, 0.2) is 0 Å². The number of aliphatic hydroxyl groups excluding tert-OH is 2. The Morgan fingerprint density at radius 1 is 1.38 bits per heavy atom. The quantitative estimate of drug-likeness (QED) is 0.718. The van der Waals surface area contributed by atoms with Gasteiger partial charge in [0.25, 0.3) is 0 Å². The lowest BCUT2D eigenvalue weighted by molar-refractivity contribution is 0.138.